The van der Waals surface area contributed by atoms with Gasteiger partial charge in [-0.2, -0.15) is 0 Å². The summed E-state index contributed by atoms with van der Waals surface area (Å²) in [7, 11) is 4.55. The van der Waals surface area contributed by atoms with Crippen LogP contribution < -0.4 is 33.8 Å². The molecule has 4 rings (SSSR count). The fourth-order valence-corrected chi connectivity index (χ4v) is 5.44. The molecule has 2 aromatic carbocycles. The Hall–Kier alpha value is -4.38. The molecular formula is C30H32N2O8S. The van der Waals surface area contributed by atoms with Crippen LogP contribution in [0.3, 0.4) is 0 Å². The van der Waals surface area contributed by atoms with Crippen LogP contribution in [0.25, 0.3) is 6.08 Å². The quantitative estimate of drug-likeness (QED) is 0.280. The largest absolute Gasteiger partial charge is 0.497 e. The standard InChI is InChI=1S/C30H32N2O8S/c1-16(2)15-39-29(35)26-17(3)31-30-32(27(26)19-8-10-23(40-18(4)33)24(13-19)38-7)28(34)25(41-30)14-20-12-21(36-5)9-11-22(20)37-6/h8-14,16,27H,15H2,1-7H3/b25-14+/t27-/m0/s1. The normalized spacial score (nSPS) is 14.8. The van der Waals surface area contributed by atoms with E-state index in [1.807, 2.05) is 13.8 Å². The molecule has 0 N–H and O–H groups in total. The van der Waals surface area contributed by atoms with Crippen LogP contribution in [-0.4, -0.2) is 44.4 Å². The zero-order valence-electron chi connectivity index (χ0n) is 24.0. The third-order valence-electron chi connectivity index (χ3n) is 6.27. The van der Waals surface area contributed by atoms with Crippen molar-refractivity contribution in [3.8, 4) is 23.0 Å². The summed E-state index contributed by atoms with van der Waals surface area (Å²) in [5, 5.41) is 0. The molecule has 0 amide bonds. The number of methoxy groups -OCH3 is 3. The molecule has 11 heteroatoms. The molecule has 0 aliphatic carbocycles. The summed E-state index contributed by atoms with van der Waals surface area (Å²) >= 11 is 1.19. The molecule has 0 saturated heterocycles. The smallest absolute Gasteiger partial charge is 0.338 e. The van der Waals surface area contributed by atoms with Gasteiger partial charge in [0.05, 0.1) is 49.8 Å². The van der Waals surface area contributed by atoms with E-state index in [0.29, 0.717) is 37.7 Å². The van der Waals surface area contributed by atoms with Crippen LogP contribution in [-0.2, 0) is 14.3 Å². The van der Waals surface area contributed by atoms with Crippen LogP contribution in [0.15, 0.2) is 57.5 Å². The lowest BCUT2D eigenvalue weighted by molar-refractivity contribution is -0.140. The van der Waals surface area contributed by atoms with Gasteiger partial charge in [-0.25, -0.2) is 9.79 Å². The van der Waals surface area contributed by atoms with Gasteiger partial charge in [0.2, 0.25) is 0 Å². The second kappa shape index (κ2) is 12.4. The summed E-state index contributed by atoms with van der Waals surface area (Å²) < 4.78 is 29.0. The average molecular weight is 581 g/mol. The van der Waals surface area contributed by atoms with Crippen molar-refractivity contribution < 1.29 is 33.3 Å². The number of nitrogens with zero attached hydrogens (tertiary/aromatic N) is 2. The Kier molecular flexibility index (Phi) is 8.97. The SMILES string of the molecule is COc1ccc(OC)c(/C=c2/sc3n(c2=O)[C@@H](c2ccc(OC(C)=O)c(OC)c2)C(C(=O)OCC(C)C)=C(C)N=3)c1. The Bertz CT molecular complexity index is 1700. The van der Waals surface area contributed by atoms with Crippen LogP contribution in [0.2, 0.25) is 0 Å². The summed E-state index contributed by atoms with van der Waals surface area (Å²) in [6, 6.07) is 9.31. The van der Waals surface area contributed by atoms with E-state index in [2.05, 4.69) is 4.99 Å². The molecular weight excluding hydrogens is 548 g/mol. The fourth-order valence-electron chi connectivity index (χ4n) is 4.41. The fraction of sp³-hybridized carbons (Fsp3) is 0.333. The summed E-state index contributed by atoms with van der Waals surface area (Å²) in [5.41, 5.74) is 1.50. The predicted octanol–water partition coefficient (Wildman–Crippen LogP) is 3.39. The highest BCUT2D eigenvalue weighted by molar-refractivity contribution is 7.07. The van der Waals surface area contributed by atoms with E-state index < -0.39 is 18.0 Å². The first-order valence-corrected chi connectivity index (χ1v) is 13.7. The van der Waals surface area contributed by atoms with Gasteiger partial charge in [-0.05, 0) is 54.8 Å². The molecule has 216 valence electrons. The molecule has 0 spiro atoms. The molecule has 1 aliphatic heterocycles. The minimum atomic E-state index is -0.874. The van der Waals surface area contributed by atoms with Crippen molar-refractivity contribution in [1.29, 1.82) is 0 Å². The lowest BCUT2D eigenvalue weighted by Gasteiger charge is -2.25. The van der Waals surface area contributed by atoms with Crippen molar-refractivity contribution in [3.63, 3.8) is 0 Å². The van der Waals surface area contributed by atoms with E-state index in [-0.39, 0.29) is 35.2 Å². The first kappa shape index (κ1) is 29.6. The lowest BCUT2D eigenvalue weighted by atomic mass is 9.95. The van der Waals surface area contributed by atoms with Crippen LogP contribution in [0.1, 0.15) is 44.9 Å². The van der Waals surface area contributed by atoms with Crippen molar-refractivity contribution in [2.24, 2.45) is 10.9 Å². The third-order valence-corrected chi connectivity index (χ3v) is 7.25. The Morgan fingerprint density at radius 3 is 2.37 bits per heavy atom. The topological polar surface area (TPSA) is 115 Å². The molecule has 0 saturated carbocycles. The highest BCUT2D eigenvalue weighted by Gasteiger charge is 2.34. The number of benzene rings is 2. The second-order valence-corrected chi connectivity index (χ2v) is 10.7. The van der Waals surface area contributed by atoms with E-state index in [1.54, 1.807) is 63.6 Å². The van der Waals surface area contributed by atoms with E-state index in [0.717, 1.165) is 0 Å². The molecule has 41 heavy (non-hydrogen) atoms. The first-order chi connectivity index (χ1) is 19.6. The van der Waals surface area contributed by atoms with Gasteiger partial charge in [-0.3, -0.25) is 14.2 Å². The highest BCUT2D eigenvalue weighted by Crippen LogP contribution is 2.36. The zero-order valence-corrected chi connectivity index (χ0v) is 24.8. The molecule has 1 aromatic heterocycles. The van der Waals surface area contributed by atoms with Crippen LogP contribution in [0.4, 0.5) is 0 Å². The minimum absolute atomic E-state index is 0.112. The van der Waals surface area contributed by atoms with Crippen molar-refractivity contribution in [3.05, 3.63) is 78.5 Å². The number of fused-ring (bicyclic) bond motifs is 1. The molecule has 2 heterocycles. The van der Waals surface area contributed by atoms with Crippen LogP contribution in [0.5, 0.6) is 23.0 Å². The summed E-state index contributed by atoms with van der Waals surface area (Å²) in [4.78, 5) is 44.1. The van der Waals surface area contributed by atoms with Crippen molar-refractivity contribution in [2.75, 3.05) is 27.9 Å². The van der Waals surface area contributed by atoms with Crippen molar-refractivity contribution in [1.82, 2.24) is 4.57 Å². The number of aromatic nitrogens is 1. The lowest BCUT2D eigenvalue weighted by Crippen LogP contribution is -2.40. The Balaban J connectivity index is 1.95. The average Bonchev–Trinajstić information content (AvgIpc) is 3.24. The maximum Gasteiger partial charge on any atom is 0.338 e. The maximum atomic E-state index is 14.0. The Labute approximate surface area is 241 Å². The summed E-state index contributed by atoms with van der Waals surface area (Å²) in [5.74, 6) is 0.682. The number of ether oxygens (including phenoxy) is 5. The maximum absolute atomic E-state index is 14.0. The van der Waals surface area contributed by atoms with Crippen molar-refractivity contribution in [2.45, 2.75) is 33.7 Å². The number of thiazole rings is 1. The molecule has 0 fully saturated rings. The minimum Gasteiger partial charge on any atom is -0.497 e. The van der Waals surface area contributed by atoms with Crippen LogP contribution >= 0.6 is 11.3 Å². The summed E-state index contributed by atoms with van der Waals surface area (Å²) in [6.07, 6.45) is 1.71. The van der Waals surface area contributed by atoms with E-state index in [4.69, 9.17) is 23.7 Å². The number of carbonyl (C=O) groups excluding carboxylic acids is 2. The molecule has 3 aromatic rings. The third kappa shape index (κ3) is 6.19. The molecule has 0 radical (unpaired) electrons. The first-order valence-electron chi connectivity index (χ1n) is 12.9. The van der Waals surface area contributed by atoms with Gasteiger partial charge < -0.3 is 23.7 Å². The molecule has 0 bridgehead atoms. The van der Waals surface area contributed by atoms with Gasteiger partial charge in [0, 0.05) is 12.5 Å². The zero-order chi connectivity index (χ0) is 29.8. The number of allylic oxidation sites excluding steroid dienone is 1. The van der Waals surface area contributed by atoms with Gasteiger partial charge in [0.25, 0.3) is 5.56 Å². The molecule has 1 aliphatic rings. The Morgan fingerprint density at radius 2 is 1.73 bits per heavy atom. The second-order valence-electron chi connectivity index (χ2n) is 9.69. The van der Waals surface area contributed by atoms with Gasteiger partial charge in [-0.1, -0.05) is 31.3 Å². The number of esters is 2. The van der Waals surface area contributed by atoms with E-state index >= 15 is 0 Å². The van der Waals surface area contributed by atoms with Crippen molar-refractivity contribution >= 4 is 29.4 Å². The predicted molar refractivity (Wildman–Crippen MR) is 153 cm³/mol. The van der Waals surface area contributed by atoms with E-state index in [1.165, 1.54) is 29.9 Å². The number of hydrogen-bond donors (Lipinski definition) is 0. The van der Waals surface area contributed by atoms with Gasteiger partial charge in [0.15, 0.2) is 16.3 Å². The molecule has 1 atom stereocenters. The van der Waals surface area contributed by atoms with Crippen LogP contribution in [0, 0.1) is 5.92 Å². The monoisotopic (exact) mass is 580 g/mol. The Morgan fingerprint density at radius 1 is 1.02 bits per heavy atom. The number of hydrogen-bond acceptors (Lipinski definition) is 10. The van der Waals surface area contributed by atoms with Gasteiger partial charge in [0.1, 0.15) is 11.5 Å². The van der Waals surface area contributed by atoms with Gasteiger partial charge >= 0.3 is 11.9 Å². The highest BCUT2D eigenvalue weighted by atomic mass is 32.1. The summed E-state index contributed by atoms with van der Waals surface area (Å²) in [6.45, 7) is 7.08. The molecule has 10 nitrogen and oxygen atoms in total. The number of carbonyl (C=O) groups is 2. The van der Waals surface area contributed by atoms with E-state index in [9.17, 15) is 14.4 Å². The van der Waals surface area contributed by atoms with Gasteiger partial charge in [-0.15, -0.1) is 0 Å². The number of rotatable bonds is 9. The molecule has 0 unspecified atom stereocenters.